The summed E-state index contributed by atoms with van der Waals surface area (Å²) < 4.78 is 2.99. The van der Waals surface area contributed by atoms with Crippen LogP contribution < -0.4 is 16.0 Å². The average Bonchev–Trinajstić information content (AvgIpc) is 3.11. The van der Waals surface area contributed by atoms with Crippen LogP contribution in [0.25, 0.3) is 0 Å². The Labute approximate surface area is 191 Å². The minimum atomic E-state index is -0.0611. The van der Waals surface area contributed by atoms with Crippen LogP contribution in [0.4, 0.5) is 5.69 Å². The highest BCUT2D eigenvalue weighted by Gasteiger charge is 2.04. The average molecular weight is 564 g/mol. The number of rotatable bonds is 9. The molecule has 1 amide bonds. The maximum Gasteiger partial charge on any atom is 0.226 e. The molecule has 0 atom stereocenters. The first-order chi connectivity index (χ1) is 13.1. The highest BCUT2D eigenvalue weighted by Crippen LogP contribution is 2.14. The van der Waals surface area contributed by atoms with Gasteiger partial charge in [0.25, 0.3) is 0 Å². The van der Waals surface area contributed by atoms with Crippen molar-refractivity contribution < 1.29 is 4.79 Å². The van der Waals surface area contributed by atoms with E-state index in [2.05, 4.69) is 54.0 Å². The summed E-state index contributed by atoms with van der Waals surface area (Å²) in [5.41, 5.74) is 0.776. The highest BCUT2D eigenvalue weighted by atomic mass is 127. The van der Waals surface area contributed by atoms with E-state index in [1.165, 1.54) is 0 Å². The summed E-state index contributed by atoms with van der Waals surface area (Å²) in [6, 6.07) is 7.49. The summed E-state index contributed by atoms with van der Waals surface area (Å²) in [7, 11) is 0. The van der Waals surface area contributed by atoms with Gasteiger partial charge in [0.05, 0.1) is 6.54 Å². The molecule has 2 aromatic rings. The van der Waals surface area contributed by atoms with Crippen molar-refractivity contribution in [3.05, 3.63) is 40.9 Å². The highest BCUT2D eigenvalue weighted by molar-refractivity contribution is 14.0. The van der Waals surface area contributed by atoms with Crippen LogP contribution in [0, 0.1) is 0 Å². The summed E-state index contributed by atoms with van der Waals surface area (Å²) in [6.45, 7) is 6.67. The van der Waals surface area contributed by atoms with Gasteiger partial charge in [-0.25, -0.2) is 0 Å². The molecule has 1 heterocycles. The van der Waals surface area contributed by atoms with Gasteiger partial charge in [-0.2, -0.15) is 0 Å². The maximum atomic E-state index is 12.0. The Bertz CT molecular complexity index is 749. The molecule has 0 saturated heterocycles. The number of carbonyl (C=O) groups excluding carboxylic acids is 1. The predicted molar refractivity (Wildman–Crippen MR) is 126 cm³/mol. The van der Waals surface area contributed by atoms with Crippen LogP contribution in [-0.4, -0.2) is 46.3 Å². The largest absolute Gasteiger partial charge is 0.357 e. The SMILES string of the molecule is CCNC(=NCCC(=O)Nc1ccc(Br)cc1)NCCn1cnnc1CC.I. The van der Waals surface area contributed by atoms with E-state index in [9.17, 15) is 4.79 Å². The number of nitrogens with one attached hydrogen (secondary N) is 3. The van der Waals surface area contributed by atoms with E-state index in [1.54, 1.807) is 6.33 Å². The zero-order chi connectivity index (χ0) is 19.5. The fourth-order valence-electron chi connectivity index (χ4n) is 2.40. The lowest BCUT2D eigenvalue weighted by molar-refractivity contribution is -0.116. The van der Waals surface area contributed by atoms with Gasteiger partial charge in [-0.05, 0) is 31.2 Å². The second-order valence-corrected chi connectivity index (χ2v) is 6.70. The Balaban J connectivity index is 0.00000392. The number of carbonyl (C=O) groups is 1. The first-order valence-electron chi connectivity index (χ1n) is 9.06. The molecule has 8 nitrogen and oxygen atoms in total. The molecule has 0 unspecified atom stereocenters. The summed E-state index contributed by atoms with van der Waals surface area (Å²) in [6.07, 6.45) is 2.90. The van der Waals surface area contributed by atoms with Crippen molar-refractivity contribution >= 4 is 57.5 Å². The summed E-state index contributed by atoms with van der Waals surface area (Å²) in [4.78, 5) is 16.5. The third kappa shape index (κ3) is 8.55. The van der Waals surface area contributed by atoms with Crippen molar-refractivity contribution in [2.45, 2.75) is 33.2 Å². The number of guanidine groups is 1. The molecule has 2 rings (SSSR count). The van der Waals surface area contributed by atoms with E-state index < -0.39 is 0 Å². The summed E-state index contributed by atoms with van der Waals surface area (Å²) in [5.74, 6) is 1.59. The van der Waals surface area contributed by atoms with E-state index in [4.69, 9.17) is 0 Å². The molecular weight excluding hydrogens is 537 g/mol. The number of aromatic nitrogens is 3. The fourth-order valence-corrected chi connectivity index (χ4v) is 2.67. The first-order valence-corrected chi connectivity index (χ1v) is 9.86. The van der Waals surface area contributed by atoms with E-state index in [0.717, 1.165) is 35.5 Å². The van der Waals surface area contributed by atoms with Gasteiger partial charge in [-0.15, -0.1) is 34.2 Å². The third-order valence-electron chi connectivity index (χ3n) is 3.74. The van der Waals surface area contributed by atoms with Crippen molar-refractivity contribution in [2.75, 3.05) is 25.0 Å². The van der Waals surface area contributed by atoms with Crippen LogP contribution in [0.2, 0.25) is 0 Å². The van der Waals surface area contributed by atoms with Crippen molar-refractivity contribution in [3.63, 3.8) is 0 Å². The number of aliphatic imine (C=N–C) groups is 1. The van der Waals surface area contributed by atoms with Crippen molar-refractivity contribution in [2.24, 2.45) is 4.99 Å². The predicted octanol–water partition coefficient (Wildman–Crippen LogP) is 2.80. The van der Waals surface area contributed by atoms with E-state index in [0.29, 0.717) is 25.5 Å². The van der Waals surface area contributed by atoms with Crippen LogP contribution in [0.5, 0.6) is 0 Å². The zero-order valence-corrected chi connectivity index (χ0v) is 20.0. The quantitative estimate of drug-likeness (QED) is 0.248. The molecular formula is C18H27BrIN7O. The van der Waals surface area contributed by atoms with Crippen LogP contribution in [0.1, 0.15) is 26.1 Å². The number of aryl methyl sites for hydroxylation is 1. The van der Waals surface area contributed by atoms with Gasteiger partial charge in [0, 0.05) is 42.6 Å². The monoisotopic (exact) mass is 563 g/mol. The Morgan fingerprint density at radius 2 is 1.96 bits per heavy atom. The van der Waals surface area contributed by atoms with Crippen molar-refractivity contribution in [1.29, 1.82) is 0 Å². The maximum absolute atomic E-state index is 12.0. The molecule has 10 heteroatoms. The number of halogens is 2. The topological polar surface area (TPSA) is 96.2 Å². The molecule has 0 aliphatic carbocycles. The number of amides is 1. The number of hydrogen-bond acceptors (Lipinski definition) is 4. The molecule has 1 aromatic carbocycles. The molecule has 1 aromatic heterocycles. The number of anilines is 1. The van der Waals surface area contributed by atoms with Gasteiger partial charge < -0.3 is 20.5 Å². The van der Waals surface area contributed by atoms with Gasteiger partial charge in [-0.1, -0.05) is 22.9 Å². The molecule has 0 spiro atoms. The van der Waals surface area contributed by atoms with E-state index in [1.807, 2.05) is 35.8 Å². The third-order valence-corrected chi connectivity index (χ3v) is 4.27. The molecule has 3 N–H and O–H groups in total. The van der Waals surface area contributed by atoms with Gasteiger partial charge in [-0.3, -0.25) is 9.79 Å². The normalized spacial score (nSPS) is 10.9. The van der Waals surface area contributed by atoms with Gasteiger partial charge >= 0.3 is 0 Å². The number of nitrogens with zero attached hydrogens (tertiary/aromatic N) is 4. The number of hydrogen-bond donors (Lipinski definition) is 3. The van der Waals surface area contributed by atoms with Gasteiger partial charge in [0.15, 0.2) is 5.96 Å². The van der Waals surface area contributed by atoms with Gasteiger partial charge in [0.1, 0.15) is 12.2 Å². The van der Waals surface area contributed by atoms with Gasteiger partial charge in [0.2, 0.25) is 5.91 Å². The van der Waals surface area contributed by atoms with Crippen LogP contribution >= 0.6 is 39.9 Å². The number of benzene rings is 1. The Morgan fingerprint density at radius 1 is 1.21 bits per heavy atom. The lowest BCUT2D eigenvalue weighted by Gasteiger charge is -2.12. The Hall–Kier alpha value is -1.69. The minimum Gasteiger partial charge on any atom is -0.357 e. The molecule has 0 aliphatic rings. The molecule has 0 saturated carbocycles. The molecule has 0 bridgehead atoms. The lowest BCUT2D eigenvalue weighted by atomic mass is 10.3. The second-order valence-electron chi connectivity index (χ2n) is 5.79. The zero-order valence-electron chi connectivity index (χ0n) is 16.1. The van der Waals surface area contributed by atoms with E-state index >= 15 is 0 Å². The lowest BCUT2D eigenvalue weighted by Crippen LogP contribution is -2.39. The van der Waals surface area contributed by atoms with Crippen LogP contribution in [0.3, 0.4) is 0 Å². The molecule has 0 radical (unpaired) electrons. The smallest absolute Gasteiger partial charge is 0.226 e. The van der Waals surface area contributed by atoms with Crippen LogP contribution in [0.15, 0.2) is 40.1 Å². The first kappa shape index (κ1) is 24.3. The van der Waals surface area contributed by atoms with Crippen molar-refractivity contribution in [1.82, 2.24) is 25.4 Å². The second kappa shape index (κ2) is 13.5. The standard InChI is InChI=1S/C18H26BrN7O.HI/c1-3-16-25-23-13-26(16)12-11-22-18(20-4-2)21-10-9-17(27)24-15-7-5-14(19)6-8-15;/h5-8,13H,3-4,9-12H2,1-2H3,(H,24,27)(H2,20,21,22);1H. The Morgan fingerprint density at radius 3 is 2.64 bits per heavy atom. The Kier molecular flexibility index (Phi) is 11.7. The minimum absolute atomic E-state index is 0. The van der Waals surface area contributed by atoms with Crippen LogP contribution in [-0.2, 0) is 17.8 Å². The molecule has 0 aliphatic heterocycles. The molecule has 154 valence electrons. The summed E-state index contributed by atoms with van der Waals surface area (Å²) in [5, 5.41) is 17.3. The summed E-state index contributed by atoms with van der Waals surface area (Å²) >= 11 is 3.37. The fraction of sp³-hybridized carbons (Fsp3) is 0.444. The molecule has 0 fully saturated rings. The molecule has 28 heavy (non-hydrogen) atoms. The van der Waals surface area contributed by atoms with Crippen molar-refractivity contribution in [3.8, 4) is 0 Å². The van der Waals surface area contributed by atoms with E-state index in [-0.39, 0.29) is 29.9 Å².